The van der Waals surface area contributed by atoms with E-state index in [9.17, 15) is 0 Å². The number of hydrogen-bond acceptors (Lipinski definition) is 0. The van der Waals surface area contributed by atoms with Gasteiger partial charge in [0.2, 0.25) is 0 Å². The van der Waals surface area contributed by atoms with Gasteiger partial charge in [-0.3, -0.25) is 0 Å². The summed E-state index contributed by atoms with van der Waals surface area (Å²) < 4.78 is 0. The summed E-state index contributed by atoms with van der Waals surface area (Å²) in [4.78, 5) is 0. The van der Waals surface area contributed by atoms with Crippen LogP contribution in [0.4, 0.5) is 0 Å². The first kappa shape index (κ1) is 13.8. The molecule has 2 heteroatoms. The van der Waals surface area contributed by atoms with Gasteiger partial charge in [-0.05, 0) is 44.7 Å². The zero-order valence-electron chi connectivity index (χ0n) is 11.7. The van der Waals surface area contributed by atoms with Crippen LogP contribution in [-0.2, 0) is 33.3 Å². The topological polar surface area (TPSA) is 0 Å². The van der Waals surface area contributed by atoms with Crippen molar-refractivity contribution in [2.75, 3.05) is 25.0 Å². The van der Waals surface area contributed by atoms with Crippen molar-refractivity contribution in [3.8, 4) is 0 Å². The van der Waals surface area contributed by atoms with E-state index >= 15 is 0 Å². The van der Waals surface area contributed by atoms with Gasteiger partial charge in [0.15, 0.2) is 0 Å². The molecule has 0 amide bonds. The molecule has 2 aromatic rings. The Morgan fingerprint density at radius 3 is 1.39 bits per heavy atom. The molecule has 18 heavy (non-hydrogen) atoms. The van der Waals surface area contributed by atoms with E-state index in [1.54, 1.807) is 0 Å². The molecular weight excluding hydrogens is 256 g/mol. The van der Waals surface area contributed by atoms with E-state index in [1.807, 2.05) is 0 Å². The van der Waals surface area contributed by atoms with Gasteiger partial charge in [0.25, 0.3) is 0 Å². The second kappa shape index (κ2) is 6.03. The van der Waals surface area contributed by atoms with Crippen LogP contribution in [0.3, 0.4) is 0 Å². The van der Waals surface area contributed by atoms with E-state index < -0.39 is 0 Å². The molecule has 0 bridgehead atoms. The monoisotopic (exact) mass is 278 g/mol. The highest BCUT2D eigenvalue weighted by Crippen LogP contribution is 2.20. The lowest BCUT2D eigenvalue weighted by Gasteiger charge is -2.04. The van der Waals surface area contributed by atoms with E-state index in [2.05, 4.69) is 61.4 Å². The first-order valence-electron chi connectivity index (χ1n) is 6.14. The van der Waals surface area contributed by atoms with Crippen molar-refractivity contribution in [2.24, 2.45) is 0 Å². The van der Waals surface area contributed by atoms with Crippen LogP contribution in [0.2, 0.25) is 0 Å². The summed E-state index contributed by atoms with van der Waals surface area (Å²) in [6.45, 7) is 0. The summed E-state index contributed by atoms with van der Waals surface area (Å²) in [5, 5.41) is 2.77. The normalized spacial score (nSPS) is 11.7. The Kier molecular flexibility index (Phi) is 4.63. The van der Waals surface area contributed by atoms with Gasteiger partial charge in [0.05, 0.1) is 25.0 Å². The molecule has 0 spiro atoms. The fourth-order valence-electron chi connectivity index (χ4n) is 2.19. The van der Waals surface area contributed by atoms with Gasteiger partial charge in [-0.1, -0.05) is 24.3 Å². The number of rotatable bonds is 4. The van der Waals surface area contributed by atoms with Crippen molar-refractivity contribution in [2.45, 2.75) is 11.5 Å². The number of benzene rings is 2. The van der Waals surface area contributed by atoms with Crippen molar-refractivity contribution in [1.82, 2.24) is 0 Å². The van der Waals surface area contributed by atoms with E-state index in [0.29, 0.717) is 21.8 Å². The molecule has 0 unspecified atom stereocenters. The van der Waals surface area contributed by atoms with Crippen LogP contribution in [0.15, 0.2) is 36.4 Å². The minimum absolute atomic E-state index is 0.479. The Balaban J connectivity index is 2.30. The molecule has 0 nitrogen and oxygen atoms in total. The van der Waals surface area contributed by atoms with Crippen LogP contribution in [-0.4, -0.2) is 25.0 Å². The zero-order valence-corrected chi connectivity index (χ0v) is 13.3. The highest BCUT2D eigenvalue weighted by Gasteiger charge is 2.08. The highest BCUT2D eigenvalue weighted by atomic mass is 32.2. The van der Waals surface area contributed by atoms with Gasteiger partial charge < -0.3 is 0 Å². The lowest BCUT2D eigenvalue weighted by atomic mass is 10.1. The Morgan fingerprint density at radius 1 is 0.667 bits per heavy atom. The maximum absolute atomic E-state index is 2.35. The average molecular weight is 278 g/mol. The second-order valence-corrected chi connectivity index (χ2v) is 9.80. The Labute approximate surface area is 116 Å². The fraction of sp³-hybridized carbons (Fsp3) is 0.375. The third-order valence-electron chi connectivity index (χ3n) is 2.88. The van der Waals surface area contributed by atoms with Crippen LogP contribution < -0.4 is 0 Å². The molecular formula is C16H22S2+2. The van der Waals surface area contributed by atoms with Crippen molar-refractivity contribution in [1.29, 1.82) is 0 Å². The van der Waals surface area contributed by atoms with Crippen LogP contribution in [0.25, 0.3) is 10.8 Å². The largest absolute Gasteiger partial charge is 0.132 e. The summed E-state index contributed by atoms with van der Waals surface area (Å²) in [6, 6.07) is 13.8. The lowest BCUT2D eigenvalue weighted by molar-refractivity contribution is 1.40. The van der Waals surface area contributed by atoms with Crippen molar-refractivity contribution in [3.05, 3.63) is 47.5 Å². The molecule has 0 aromatic heterocycles. The zero-order chi connectivity index (χ0) is 13.1. The maximum Gasteiger partial charge on any atom is 0.132 e. The average Bonchev–Trinajstić information content (AvgIpc) is 2.27. The standard InChI is InChI=1S/C16H22S2/c1-17(2)11-13-5-7-16-10-14(12-18(3)4)6-8-15(16)9-13/h5-10H,11-12H2,1-4H3/q+2. The molecule has 0 heterocycles. The maximum atomic E-state index is 2.35. The number of fused-ring (bicyclic) bond motifs is 1. The van der Waals surface area contributed by atoms with Crippen LogP contribution in [0.1, 0.15) is 11.1 Å². The summed E-state index contributed by atoms with van der Waals surface area (Å²) in [5.74, 6) is 2.40. The smallest absolute Gasteiger partial charge is 0.0539 e. The third kappa shape index (κ3) is 3.69. The van der Waals surface area contributed by atoms with Crippen molar-refractivity contribution < 1.29 is 0 Å². The van der Waals surface area contributed by atoms with Crippen molar-refractivity contribution in [3.63, 3.8) is 0 Å². The van der Waals surface area contributed by atoms with Crippen molar-refractivity contribution >= 4 is 32.6 Å². The van der Waals surface area contributed by atoms with Gasteiger partial charge in [-0.2, -0.15) is 0 Å². The Morgan fingerprint density at radius 2 is 1.06 bits per heavy atom. The summed E-state index contributed by atoms with van der Waals surface area (Å²) in [6.07, 6.45) is 9.21. The van der Waals surface area contributed by atoms with Gasteiger partial charge in [-0.25, -0.2) is 0 Å². The number of hydrogen-bond donors (Lipinski definition) is 0. The van der Waals surface area contributed by atoms with E-state index in [-0.39, 0.29) is 0 Å². The Hall–Kier alpha value is -0.600. The predicted octanol–water partition coefficient (Wildman–Crippen LogP) is 3.60. The van der Waals surface area contributed by atoms with Crippen LogP contribution in [0, 0.1) is 0 Å². The minimum atomic E-state index is 0.479. The SMILES string of the molecule is C[S+](C)Cc1ccc2cc(C[S+](C)C)ccc2c1. The predicted molar refractivity (Wildman–Crippen MR) is 89.8 cm³/mol. The van der Waals surface area contributed by atoms with E-state index in [0.717, 1.165) is 0 Å². The highest BCUT2D eigenvalue weighted by molar-refractivity contribution is 7.95. The quantitative estimate of drug-likeness (QED) is 0.750. The van der Waals surface area contributed by atoms with Gasteiger partial charge >= 0.3 is 0 Å². The summed E-state index contributed by atoms with van der Waals surface area (Å²) in [7, 11) is 0.959. The molecule has 0 aliphatic rings. The molecule has 0 saturated carbocycles. The molecule has 0 aliphatic heterocycles. The van der Waals surface area contributed by atoms with Gasteiger partial charge in [0, 0.05) is 11.1 Å². The second-order valence-electron chi connectivity index (χ2n) is 5.28. The third-order valence-corrected chi connectivity index (χ3v) is 4.70. The molecule has 0 aliphatic carbocycles. The molecule has 0 radical (unpaired) electrons. The first-order valence-corrected chi connectivity index (χ1v) is 10.6. The van der Waals surface area contributed by atoms with Crippen LogP contribution in [0.5, 0.6) is 0 Å². The lowest BCUT2D eigenvalue weighted by Crippen LogP contribution is -2.00. The van der Waals surface area contributed by atoms with Gasteiger partial charge in [-0.15, -0.1) is 0 Å². The molecule has 2 aromatic carbocycles. The van der Waals surface area contributed by atoms with E-state index in [4.69, 9.17) is 0 Å². The summed E-state index contributed by atoms with van der Waals surface area (Å²) in [5.41, 5.74) is 2.93. The Bertz CT molecular complexity index is 480. The minimum Gasteiger partial charge on any atom is -0.0539 e. The molecule has 0 atom stereocenters. The molecule has 0 saturated heterocycles. The van der Waals surface area contributed by atoms with Gasteiger partial charge in [0.1, 0.15) is 11.5 Å². The van der Waals surface area contributed by atoms with E-state index in [1.165, 1.54) is 33.4 Å². The molecule has 0 N–H and O–H groups in total. The fourth-order valence-corrected chi connectivity index (χ4v) is 3.88. The first-order chi connectivity index (χ1) is 8.54. The molecule has 0 fully saturated rings. The molecule has 2 rings (SSSR count). The van der Waals surface area contributed by atoms with Crippen LogP contribution >= 0.6 is 0 Å². The molecule has 96 valence electrons. The summed E-state index contributed by atoms with van der Waals surface area (Å²) >= 11 is 0.